The maximum Gasteiger partial charge on any atom is 0.188 e. The van der Waals surface area contributed by atoms with Gasteiger partial charge in [-0.15, -0.1) is 46.2 Å². The van der Waals surface area contributed by atoms with Gasteiger partial charge < -0.3 is 9.13 Å². The monoisotopic (exact) mass is 1620 g/mol. The third-order valence-electron chi connectivity index (χ3n) is 19.1. The van der Waals surface area contributed by atoms with Crippen LogP contribution in [0.3, 0.4) is 0 Å². The van der Waals surface area contributed by atoms with E-state index >= 15 is 0 Å². The molecule has 17 aromatic rings. The van der Waals surface area contributed by atoms with E-state index in [1.807, 2.05) is 53.4 Å². The number of nitrogens with zero attached hydrogens (tertiary/aromatic N) is 8. The summed E-state index contributed by atoms with van der Waals surface area (Å²) in [4.78, 5) is 9.78. The predicted molar refractivity (Wildman–Crippen MR) is 391 cm³/mol. The summed E-state index contributed by atoms with van der Waals surface area (Å²) in [5, 5.41) is 4.60. The second-order valence-corrected chi connectivity index (χ2v) is 25.6. The zero-order valence-electron chi connectivity index (χ0n) is 57.3. The van der Waals surface area contributed by atoms with Crippen molar-refractivity contribution in [3.63, 3.8) is 0 Å². The summed E-state index contributed by atoms with van der Waals surface area (Å²) >= 11 is 0. The Balaban J connectivity index is 0.000000167. The first-order valence-corrected chi connectivity index (χ1v) is 32.2. The van der Waals surface area contributed by atoms with Crippen LogP contribution in [-0.2, 0) is 59.9 Å². The van der Waals surface area contributed by atoms with Crippen molar-refractivity contribution in [2.75, 3.05) is 0 Å². The maximum absolute atomic E-state index is 8.10. The van der Waals surface area contributed by atoms with Crippen LogP contribution in [0.2, 0.25) is 0 Å². The molecule has 478 valence electrons. The summed E-state index contributed by atoms with van der Waals surface area (Å²) in [5.41, 5.74) is 21.2. The summed E-state index contributed by atoms with van der Waals surface area (Å²) in [5.74, 6) is 1.71. The van der Waals surface area contributed by atoms with Gasteiger partial charge in [0.25, 0.3) is 0 Å². The Morgan fingerprint density at radius 2 is 0.763 bits per heavy atom. The van der Waals surface area contributed by atoms with Gasteiger partial charge in [-0.3, -0.25) is 0 Å². The van der Waals surface area contributed by atoms with Crippen LogP contribution in [0.4, 0.5) is 0 Å². The summed E-state index contributed by atoms with van der Waals surface area (Å²) in [6, 6.07) is 106. The Morgan fingerprint density at radius 1 is 0.361 bits per heavy atom. The molecule has 6 aromatic heterocycles. The van der Waals surface area contributed by atoms with Gasteiger partial charge in [-0.1, -0.05) is 154 Å². The fourth-order valence-corrected chi connectivity index (χ4v) is 13.8. The van der Waals surface area contributed by atoms with E-state index in [-0.39, 0.29) is 47.5 Å². The first kappa shape index (κ1) is 60.3. The van der Waals surface area contributed by atoms with Crippen LogP contribution in [0, 0.1) is 38.1 Å². The number of benzene rings is 11. The summed E-state index contributed by atoms with van der Waals surface area (Å²) in [7, 11) is 0. The fraction of sp³-hybridized carbons (Fsp3) is 0.103. The minimum absolute atomic E-state index is 0. The summed E-state index contributed by atoms with van der Waals surface area (Å²) in [6.07, 6.45) is 7.61. The van der Waals surface area contributed by atoms with Crippen molar-refractivity contribution < 1.29 is 46.2 Å². The van der Waals surface area contributed by atoms with Crippen LogP contribution in [0.5, 0.6) is 0 Å². The molecule has 0 unspecified atom stereocenters. The molecule has 17 rings (SSSR count). The van der Waals surface area contributed by atoms with E-state index in [1.54, 1.807) is 6.33 Å². The Kier molecular flexibility index (Phi) is 16.2. The van der Waals surface area contributed by atoms with Crippen molar-refractivity contribution in [1.82, 2.24) is 37.4 Å². The molecule has 11 aromatic carbocycles. The molecule has 0 radical (unpaired) electrons. The van der Waals surface area contributed by atoms with Crippen LogP contribution in [0.25, 0.3) is 117 Å². The van der Waals surface area contributed by atoms with Crippen molar-refractivity contribution in [2.45, 2.75) is 52.4 Å². The number of aromatic nitrogens is 8. The molecule has 0 aliphatic heterocycles. The van der Waals surface area contributed by atoms with Crippen LogP contribution < -0.4 is 0 Å². The van der Waals surface area contributed by atoms with Gasteiger partial charge in [0.15, 0.2) is 34.7 Å². The average Bonchev–Trinajstić information content (AvgIpc) is 1.57. The molecule has 0 aliphatic carbocycles. The van der Waals surface area contributed by atoms with Gasteiger partial charge in [-0.05, 0) is 129 Å². The zero-order valence-corrected chi connectivity index (χ0v) is 58.9. The van der Waals surface area contributed by atoms with Crippen LogP contribution >= 0.6 is 0 Å². The van der Waals surface area contributed by atoms with Crippen LogP contribution in [0.15, 0.2) is 286 Å². The van der Waals surface area contributed by atoms with Crippen LogP contribution in [-0.4, -0.2) is 37.4 Å². The van der Waals surface area contributed by atoms with Crippen molar-refractivity contribution in [2.24, 2.45) is 6.98 Å². The molecule has 0 saturated heterocycles. The quantitative estimate of drug-likeness (QED) is 0.121. The van der Waals surface area contributed by atoms with Crippen molar-refractivity contribution >= 4 is 65.7 Å². The molecule has 0 spiro atoms. The molecule has 0 saturated carbocycles. The van der Waals surface area contributed by atoms with E-state index in [2.05, 4.69) is 315 Å². The third-order valence-corrected chi connectivity index (χ3v) is 19.1. The molecule has 10 heteroatoms. The molecule has 0 atom stereocenters. The average molecular weight is 1620 g/mol. The second-order valence-electron chi connectivity index (χ2n) is 25.6. The van der Waals surface area contributed by atoms with E-state index in [4.69, 9.17) is 14.1 Å². The molecule has 97 heavy (non-hydrogen) atoms. The van der Waals surface area contributed by atoms with E-state index in [0.717, 1.165) is 117 Å². The molecular weight excluding hydrogens is 1550 g/mol. The molecular formula is C87H68N8Pt2-2. The number of hydrogen-bond donors (Lipinski definition) is 0. The van der Waals surface area contributed by atoms with Gasteiger partial charge in [0.05, 0.1) is 0 Å². The molecule has 0 bridgehead atoms. The van der Waals surface area contributed by atoms with Crippen molar-refractivity contribution in [1.29, 1.82) is 0 Å². The number of hydrogen-bond acceptors (Lipinski definition) is 2. The number of imidazole rings is 2. The van der Waals surface area contributed by atoms with Gasteiger partial charge in [-0.2, -0.15) is 76.4 Å². The molecule has 0 N–H and O–H groups in total. The van der Waals surface area contributed by atoms with Crippen LogP contribution in [0.1, 0.15) is 65.2 Å². The minimum atomic E-state index is -2.31. The van der Waals surface area contributed by atoms with Gasteiger partial charge >= 0.3 is 0 Å². The Morgan fingerprint density at radius 3 is 1.25 bits per heavy atom. The fourth-order valence-electron chi connectivity index (χ4n) is 13.8. The molecule has 0 fully saturated rings. The normalized spacial score (nSPS) is 12.3. The van der Waals surface area contributed by atoms with Gasteiger partial charge in [0.2, 0.25) is 0 Å². The van der Waals surface area contributed by atoms with E-state index < -0.39 is 12.4 Å². The standard InChI is InChI=1S/C46H35N4.C41H33N4.2Pt/c1-32-14-7-8-19-38(32)33-26-27-47-45(28-33)50-41-21-10-9-20-39(41)40-25-24-35(30-44(40)50)46(2,3)34-15-13-18-37(29-34)49-31-48(36-16-5-4-6-17-36)42-22-11-12-23-43(42)49;1-28-12-5-6-15-33(28)29-22-23-42-40(24-29)45-36-17-8-7-16-34(36)35-21-20-31(26-39(35)45)41(2,3)30-13-11-14-32(25-30)44-27-43(4)37-18-9-10-19-38(37)44;;/h4-28,31H,1-3H3;5-24,27H,1-4H3;;/q2*-1;;/i;4D3;;. The van der Waals surface area contributed by atoms with Gasteiger partial charge in [0.1, 0.15) is 17.3 Å². The predicted octanol–water partition coefficient (Wildman–Crippen LogP) is 20.7. The van der Waals surface area contributed by atoms with Gasteiger partial charge in [-0.25, -0.2) is 23.7 Å². The van der Waals surface area contributed by atoms with Crippen molar-refractivity contribution in [3.8, 4) is 51.0 Å². The zero-order chi connectivity index (χ0) is 67.0. The smallest absolute Gasteiger partial charge is 0.188 e. The van der Waals surface area contributed by atoms with E-state index in [9.17, 15) is 0 Å². The first-order valence-electron chi connectivity index (χ1n) is 33.7. The summed E-state index contributed by atoms with van der Waals surface area (Å²) in [6.45, 7) is 10.9. The minimum Gasteiger partial charge on any atom is -0.319 e. The molecule has 0 aliphatic rings. The SMILES string of the molecule is Cc1ccccc1-c1ccnc(-n2c3[c-]c(C(C)(C)c4[c-]c(-n5[cH+]n(-c6ccccc6)c6ccccc65)ccc4)ccc3c3ccccc32)c1.[2H]C([2H])([2H])n1[cH+]n(-c2[c-]c(C(C)(C)c3[c-]c4c(cc3)c3ccccc3n4-c3cc(-c4ccccc4C)ccn3)ccc2)c2ccccc21.[Pt].[Pt]. The third kappa shape index (κ3) is 11.4. The maximum atomic E-state index is 8.10. The molecule has 0 amide bonds. The second kappa shape index (κ2) is 26.0. The van der Waals surface area contributed by atoms with Gasteiger partial charge in [0, 0.05) is 112 Å². The molecule has 8 nitrogen and oxygen atoms in total. The number of fused-ring (bicyclic) bond motifs is 8. The van der Waals surface area contributed by atoms with Crippen molar-refractivity contribution in [3.05, 3.63) is 344 Å². The number of para-hydroxylation sites is 7. The van der Waals surface area contributed by atoms with E-state index in [1.165, 1.54) is 32.2 Å². The number of rotatable bonds is 11. The molecule has 6 heterocycles. The Bertz CT molecular complexity index is 5940. The number of pyridine rings is 2. The largest absolute Gasteiger partial charge is 0.319 e. The Hall–Kier alpha value is -10.4. The first-order chi connectivity index (χ1) is 47.6. The topological polar surface area (TPSA) is 55.4 Å². The van der Waals surface area contributed by atoms with E-state index in [0.29, 0.717) is 5.52 Å². The Labute approximate surface area is 598 Å². The summed E-state index contributed by atoms with van der Waals surface area (Å²) < 4.78 is 36.5. The number of aryl methyl sites for hydroxylation is 3.